The van der Waals surface area contributed by atoms with Gasteiger partial charge in [0.05, 0.1) is 22.8 Å². The Morgan fingerprint density at radius 3 is 2.48 bits per heavy atom. The van der Waals surface area contributed by atoms with Crippen molar-refractivity contribution in [1.29, 1.82) is 0 Å². The molecule has 0 saturated heterocycles. The number of benzene rings is 2. The van der Waals surface area contributed by atoms with Gasteiger partial charge in [-0.3, -0.25) is 19.6 Å². The summed E-state index contributed by atoms with van der Waals surface area (Å²) in [5.74, 6) is 0.132. The summed E-state index contributed by atoms with van der Waals surface area (Å²) in [5, 5.41) is 3.11. The largest absolute Gasteiger partial charge is 0.496 e. The van der Waals surface area contributed by atoms with Crippen molar-refractivity contribution in [2.75, 3.05) is 12.4 Å². The van der Waals surface area contributed by atoms with Crippen LogP contribution in [0.4, 0.5) is 5.82 Å². The molecule has 3 N–H and O–H groups in total. The maximum absolute atomic E-state index is 13.3. The first-order valence-corrected chi connectivity index (χ1v) is 9.64. The highest BCUT2D eigenvalue weighted by Gasteiger charge is 2.41. The van der Waals surface area contributed by atoms with Crippen LogP contribution < -0.4 is 21.3 Å². The van der Waals surface area contributed by atoms with Crippen molar-refractivity contribution in [3.63, 3.8) is 0 Å². The van der Waals surface area contributed by atoms with Gasteiger partial charge in [-0.1, -0.05) is 30.3 Å². The zero-order valence-corrected chi connectivity index (χ0v) is 16.7. The molecule has 29 heavy (non-hydrogen) atoms. The summed E-state index contributed by atoms with van der Waals surface area (Å²) in [6.07, 6.45) is 0. The predicted molar refractivity (Wildman–Crippen MR) is 112 cm³/mol. The lowest BCUT2D eigenvalue weighted by atomic mass is 9.81. The van der Waals surface area contributed by atoms with Crippen LogP contribution in [0.2, 0.25) is 0 Å². The third-order valence-electron chi connectivity index (χ3n) is 5.27. The van der Waals surface area contributed by atoms with Gasteiger partial charge in [0.2, 0.25) is 0 Å². The van der Waals surface area contributed by atoms with Crippen LogP contribution >= 0.6 is 15.9 Å². The summed E-state index contributed by atoms with van der Waals surface area (Å²) in [4.78, 5) is 42.9. The maximum Gasteiger partial charge on any atom is 0.327 e. The number of Topliss-reactive ketones (excluding diaryl/α,β-unsaturated/α-hetero) is 1. The summed E-state index contributed by atoms with van der Waals surface area (Å²) in [5.41, 5.74) is 2.27. The Morgan fingerprint density at radius 2 is 1.76 bits per heavy atom. The number of carbonyl (C=O) groups is 1. The van der Waals surface area contributed by atoms with E-state index >= 15 is 0 Å². The molecule has 0 radical (unpaired) electrons. The molecule has 2 heterocycles. The average molecular weight is 452 g/mol. The summed E-state index contributed by atoms with van der Waals surface area (Å²) in [6, 6.07) is 12.7. The Kier molecular flexibility index (Phi) is 3.85. The van der Waals surface area contributed by atoms with Gasteiger partial charge in [0.15, 0.2) is 5.78 Å². The second-order valence-corrected chi connectivity index (χ2v) is 7.67. The summed E-state index contributed by atoms with van der Waals surface area (Å²) in [7, 11) is 1.56. The Morgan fingerprint density at radius 1 is 1.00 bits per heavy atom. The molecule has 1 unspecified atom stereocenters. The molecule has 0 amide bonds. The Bertz CT molecular complexity index is 1350. The first-order chi connectivity index (χ1) is 14.0. The summed E-state index contributed by atoms with van der Waals surface area (Å²) in [6.45, 7) is 0. The summed E-state index contributed by atoms with van der Waals surface area (Å²) < 4.78 is 6.00. The number of anilines is 1. The van der Waals surface area contributed by atoms with Gasteiger partial charge in [-0.05, 0) is 33.6 Å². The molecule has 3 aromatic rings. The molecule has 2 aromatic carbocycles. The molecular weight excluding hydrogens is 438 g/mol. The number of carbonyl (C=O) groups excluding carboxylic acids is 1. The number of nitrogens with one attached hydrogen (secondary N) is 3. The molecule has 7 nitrogen and oxygen atoms in total. The van der Waals surface area contributed by atoms with E-state index in [2.05, 4.69) is 31.2 Å². The van der Waals surface area contributed by atoms with E-state index in [1.807, 2.05) is 24.3 Å². The van der Waals surface area contributed by atoms with Gasteiger partial charge in [-0.2, -0.15) is 0 Å². The Labute approximate surface area is 172 Å². The molecule has 0 fully saturated rings. The normalized spacial score (nSPS) is 16.8. The van der Waals surface area contributed by atoms with Crippen LogP contribution in [0.1, 0.15) is 33.0 Å². The van der Waals surface area contributed by atoms with Crippen molar-refractivity contribution < 1.29 is 9.53 Å². The zero-order valence-electron chi connectivity index (χ0n) is 15.1. The minimum absolute atomic E-state index is 0.142. The van der Waals surface area contributed by atoms with Crippen molar-refractivity contribution >= 4 is 33.2 Å². The van der Waals surface area contributed by atoms with Gasteiger partial charge in [-0.25, -0.2) is 4.79 Å². The predicted octanol–water partition coefficient (Wildman–Crippen LogP) is 3.00. The number of fused-ring (bicyclic) bond motifs is 3. The number of aromatic nitrogens is 2. The molecule has 8 heteroatoms. The lowest BCUT2D eigenvalue weighted by Gasteiger charge is -2.27. The van der Waals surface area contributed by atoms with E-state index < -0.39 is 17.2 Å². The number of H-pyrrole nitrogens is 2. The molecule has 144 valence electrons. The second kappa shape index (κ2) is 6.31. The van der Waals surface area contributed by atoms with Gasteiger partial charge in [0.25, 0.3) is 5.56 Å². The molecule has 0 saturated carbocycles. The van der Waals surface area contributed by atoms with Crippen LogP contribution in [-0.2, 0) is 0 Å². The minimum Gasteiger partial charge on any atom is -0.496 e. The van der Waals surface area contributed by atoms with Crippen LogP contribution in [0.15, 0.2) is 62.1 Å². The van der Waals surface area contributed by atoms with Crippen molar-refractivity contribution in [2.24, 2.45) is 0 Å². The van der Waals surface area contributed by atoms with Crippen molar-refractivity contribution in [2.45, 2.75) is 5.92 Å². The average Bonchev–Trinajstić information content (AvgIpc) is 2.98. The zero-order chi connectivity index (χ0) is 20.3. The molecule has 5 rings (SSSR count). The topological polar surface area (TPSA) is 104 Å². The fraction of sp³-hybridized carbons (Fsp3) is 0.0952. The quantitative estimate of drug-likeness (QED) is 0.555. The number of hydrogen-bond acceptors (Lipinski definition) is 5. The minimum atomic E-state index is -0.649. The maximum atomic E-state index is 13.3. The fourth-order valence-corrected chi connectivity index (χ4v) is 4.61. The molecular formula is C21H14BrN3O4. The SMILES string of the molecule is COc1ccc(C2C3=C(Nc4[nH]c(=O)[nH]c(=O)c42)c2ccccc2C3=O)cc1Br. The number of ketones is 1. The van der Waals surface area contributed by atoms with E-state index in [0.29, 0.717) is 38.4 Å². The fourth-order valence-electron chi connectivity index (χ4n) is 4.05. The van der Waals surface area contributed by atoms with Crippen molar-refractivity contribution in [3.05, 3.63) is 95.6 Å². The third-order valence-corrected chi connectivity index (χ3v) is 5.89. The number of ether oxygens (including phenoxy) is 1. The number of allylic oxidation sites excluding steroid dienone is 1. The second-order valence-electron chi connectivity index (χ2n) is 6.81. The van der Waals surface area contributed by atoms with E-state index in [0.717, 1.165) is 11.1 Å². The van der Waals surface area contributed by atoms with E-state index in [1.54, 1.807) is 25.3 Å². The smallest absolute Gasteiger partial charge is 0.327 e. The molecule has 1 aliphatic carbocycles. The molecule has 0 spiro atoms. The Balaban J connectivity index is 1.82. The standard InChI is InChI=1S/C21H14BrN3O4/c1-29-13-7-6-9(8-12(13)22)14-15-17(10-4-2-3-5-11(10)18(15)26)23-19-16(14)20(27)25-21(28)24-19/h2-8,14H,1H3,(H3,23,24,25,27,28). The van der Waals surface area contributed by atoms with Crippen molar-refractivity contribution in [3.8, 4) is 5.75 Å². The van der Waals surface area contributed by atoms with E-state index in [1.165, 1.54) is 0 Å². The lowest BCUT2D eigenvalue weighted by Crippen LogP contribution is -2.33. The van der Waals surface area contributed by atoms with Gasteiger partial charge in [-0.15, -0.1) is 0 Å². The molecule has 1 aliphatic heterocycles. The van der Waals surface area contributed by atoms with Crippen LogP contribution in [0.3, 0.4) is 0 Å². The monoisotopic (exact) mass is 451 g/mol. The van der Waals surface area contributed by atoms with Gasteiger partial charge < -0.3 is 10.1 Å². The van der Waals surface area contributed by atoms with Crippen LogP contribution in [0.5, 0.6) is 5.75 Å². The number of halogens is 1. The number of hydrogen-bond donors (Lipinski definition) is 3. The van der Waals surface area contributed by atoms with E-state index in [4.69, 9.17) is 4.74 Å². The van der Waals surface area contributed by atoms with Gasteiger partial charge >= 0.3 is 5.69 Å². The molecule has 2 aliphatic rings. The lowest BCUT2D eigenvalue weighted by molar-refractivity contribution is 0.103. The molecule has 0 bridgehead atoms. The first-order valence-electron chi connectivity index (χ1n) is 8.85. The third kappa shape index (κ3) is 2.52. The highest BCUT2D eigenvalue weighted by atomic mass is 79.9. The van der Waals surface area contributed by atoms with Crippen LogP contribution in [-0.4, -0.2) is 22.9 Å². The highest BCUT2D eigenvalue weighted by Crippen LogP contribution is 2.48. The first kappa shape index (κ1) is 17.7. The van der Waals surface area contributed by atoms with Gasteiger partial charge in [0.1, 0.15) is 11.6 Å². The number of rotatable bonds is 2. The number of methoxy groups -OCH3 is 1. The molecule has 1 aromatic heterocycles. The van der Waals surface area contributed by atoms with Gasteiger partial charge in [0, 0.05) is 22.6 Å². The molecule has 1 atom stereocenters. The summed E-state index contributed by atoms with van der Waals surface area (Å²) >= 11 is 3.47. The van der Waals surface area contributed by atoms with E-state index in [-0.39, 0.29) is 5.78 Å². The van der Waals surface area contributed by atoms with Crippen LogP contribution in [0, 0.1) is 0 Å². The number of aromatic amines is 2. The van der Waals surface area contributed by atoms with Crippen LogP contribution in [0.25, 0.3) is 5.70 Å². The highest BCUT2D eigenvalue weighted by molar-refractivity contribution is 9.10. The van der Waals surface area contributed by atoms with E-state index in [9.17, 15) is 14.4 Å². The Hall–Kier alpha value is -3.39. The van der Waals surface area contributed by atoms with Crippen molar-refractivity contribution in [1.82, 2.24) is 9.97 Å².